The molecule has 0 aliphatic carbocycles. The lowest BCUT2D eigenvalue weighted by molar-refractivity contribution is 0.288. The standard InChI is InChI=1S/C17H44N6Si/c1-4-17(2)7-12-24(3,10-5-8-22(13-18)14-19)11-6-9-23(15-20)16-21/h17H,4-16,18-21H2,1-3H3. The quantitative estimate of drug-likeness (QED) is 0.245. The molecule has 0 heterocycles. The van der Waals surface area contributed by atoms with Crippen LogP contribution in [0.5, 0.6) is 0 Å². The average molecular weight is 361 g/mol. The third-order valence-corrected chi connectivity index (χ3v) is 10.1. The third kappa shape index (κ3) is 10.8. The first-order valence-corrected chi connectivity index (χ1v) is 12.8. The first kappa shape index (κ1) is 24.0. The van der Waals surface area contributed by atoms with Crippen LogP contribution in [0.15, 0.2) is 0 Å². The Morgan fingerprint density at radius 3 is 1.54 bits per heavy atom. The van der Waals surface area contributed by atoms with Gasteiger partial charge in [0.05, 0.1) is 8.07 Å². The van der Waals surface area contributed by atoms with Crippen LogP contribution in [0.3, 0.4) is 0 Å². The second-order valence-electron chi connectivity index (χ2n) is 7.59. The Morgan fingerprint density at radius 2 is 1.21 bits per heavy atom. The zero-order valence-electron chi connectivity index (χ0n) is 16.5. The first-order chi connectivity index (χ1) is 11.4. The molecule has 0 saturated carbocycles. The zero-order valence-corrected chi connectivity index (χ0v) is 17.5. The van der Waals surface area contributed by atoms with Gasteiger partial charge in [-0.3, -0.25) is 9.80 Å². The highest BCUT2D eigenvalue weighted by molar-refractivity contribution is 6.78. The second-order valence-corrected chi connectivity index (χ2v) is 12.7. The van der Waals surface area contributed by atoms with E-state index in [0.29, 0.717) is 26.7 Å². The summed E-state index contributed by atoms with van der Waals surface area (Å²) in [6.45, 7) is 11.5. The Bertz CT molecular complexity index is 266. The van der Waals surface area contributed by atoms with E-state index in [0.717, 1.165) is 19.0 Å². The summed E-state index contributed by atoms with van der Waals surface area (Å²) in [7, 11) is -1.23. The highest BCUT2D eigenvalue weighted by atomic mass is 28.3. The van der Waals surface area contributed by atoms with Gasteiger partial charge in [0.1, 0.15) is 0 Å². The summed E-state index contributed by atoms with van der Waals surface area (Å²) in [6.07, 6.45) is 5.09. The van der Waals surface area contributed by atoms with Gasteiger partial charge in [-0.1, -0.05) is 51.4 Å². The van der Waals surface area contributed by atoms with E-state index in [1.807, 2.05) is 0 Å². The van der Waals surface area contributed by atoms with E-state index in [4.69, 9.17) is 22.9 Å². The molecule has 0 spiro atoms. The van der Waals surface area contributed by atoms with Crippen molar-refractivity contribution in [3.63, 3.8) is 0 Å². The van der Waals surface area contributed by atoms with Crippen LogP contribution in [0, 0.1) is 5.92 Å². The van der Waals surface area contributed by atoms with Gasteiger partial charge in [-0.15, -0.1) is 0 Å². The summed E-state index contributed by atoms with van der Waals surface area (Å²) in [4.78, 5) is 4.24. The fourth-order valence-corrected chi connectivity index (χ4v) is 7.11. The van der Waals surface area contributed by atoms with Crippen molar-refractivity contribution in [2.75, 3.05) is 39.8 Å². The Balaban J connectivity index is 4.46. The van der Waals surface area contributed by atoms with Gasteiger partial charge in [-0.05, 0) is 18.8 Å². The second kappa shape index (κ2) is 14.2. The van der Waals surface area contributed by atoms with Crippen molar-refractivity contribution in [3.8, 4) is 0 Å². The lowest BCUT2D eigenvalue weighted by Crippen LogP contribution is -2.39. The molecular weight excluding hydrogens is 316 g/mol. The molecule has 0 aromatic heterocycles. The summed E-state index contributed by atoms with van der Waals surface area (Å²) in [5.74, 6) is 0.839. The van der Waals surface area contributed by atoms with Crippen LogP contribution >= 0.6 is 0 Å². The molecule has 0 amide bonds. The molecule has 8 N–H and O–H groups in total. The van der Waals surface area contributed by atoms with Crippen molar-refractivity contribution in [2.24, 2.45) is 28.9 Å². The molecule has 24 heavy (non-hydrogen) atoms. The monoisotopic (exact) mass is 360 g/mol. The molecule has 1 atom stereocenters. The van der Waals surface area contributed by atoms with Gasteiger partial charge in [0, 0.05) is 39.8 Å². The maximum absolute atomic E-state index is 5.72. The third-order valence-electron chi connectivity index (χ3n) is 5.48. The Kier molecular flexibility index (Phi) is 14.2. The fourth-order valence-electron chi connectivity index (χ4n) is 3.15. The number of hydrogen-bond donors (Lipinski definition) is 4. The van der Waals surface area contributed by atoms with Gasteiger partial charge >= 0.3 is 0 Å². The van der Waals surface area contributed by atoms with Crippen LogP contribution in [0.25, 0.3) is 0 Å². The molecule has 7 heteroatoms. The summed E-state index contributed by atoms with van der Waals surface area (Å²) >= 11 is 0. The van der Waals surface area contributed by atoms with E-state index >= 15 is 0 Å². The SMILES string of the molecule is CCC(C)CC[Si](C)(CCCN(CN)CN)CCCN(CN)CN. The molecule has 6 nitrogen and oxygen atoms in total. The number of nitrogens with zero attached hydrogens (tertiary/aromatic N) is 2. The van der Waals surface area contributed by atoms with Crippen LogP contribution in [-0.4, -0.2) is 57.6 Å². The molecule has 0 bridgehead atoms. The largest absolute Gasteiger partial charge is 0.318 e. The van der Waals surface area contributed by atoms with E-state index in [2.05, 4.69) is 30.2 Å². The lowest BCUT2D eigenvalue weighted by Gasteiger charge is -2.31. The minimum absolute atomic E-state index is 0.559. The summed E-state index contributed by atoms with van der Waals surface area (Å²) in [5.41, 5.74) is 22.9. The predicted molar refractivity (Wildman–Crippen MR) is 109 cm³/mol. The molecule has 0 aliphatic heterocycles. The van der Waals surface area contributed by atoms with E-state index in [1.54, 1.807) is 0 Å². The van der Waals surface area contributed by atoms with Gasteiger partial charge in [0.15, 0.2) is 0 Å². The van der Waals surface area contributed by atoms with Crippen LogP contribution in [0.4, 0.5) is 0 Å². The molecule has 0 saturated heterocycles. The van der Waals surface area contributed by atoms with Crippen molar-refractivity contribution in [1.82, 2.24) is 9.80 Å². The maximum Gasteiger partial charge on any atom is 0.0505 e. The predicted octanol–water partition coefficient (Wildman–Crippen LogP) is 1.55. The number of nitrogens with two attached hydrogens (primary N) is 4. The van der Waals surface area contributed by atoms with Gasteiger partial charge in [0.25, 0.3) is 0 Å². The molecule has 0 aromatic rings. The molecule has 0 aromatic carbocycles. The zero-order chi connectivity index (χ0) is 18.4. The van der Waals surface area contributed by atoms with Crippen LogP contribution < -0.4 is 22.9 Å². The van der Waals surface area contributed by atoms with Crippen LogP contribution in [0.2, 0.25) is 24.7 Å². The van der Waals surface area contributed by atoms with Gasteiger partial charge in [0.2, 0.25) is 0 Å². The fraction of sp³-hybridized carbons (Fsp3) is 1.00. The topological polar surface area (TPSA) is 111 Å². The Labute approximate surface area is 151 Å². The van der Waals surface area contributed by atoms with Crippen molar-refractivity contribution >= 4 is 8.07 Å². The summed E-state index contributed by atoms with van der Waals surface area (Å²) in [5, 5.41) is 0. The minimum atomic E-state index is -1.23. The maximum atomic E-state index is 5.72. The highest BCUT2D eigenvalue weighted by Gasteiger charge is 2.26. The van der Waals surface area contributed by atoms with E-state index < -0.39 is 8.07 Å². The summed E-state index contributed by atoms with van der Waals surface area (Å²) < 4.78 is 0. The van der Waals surface area contributed by atoms with Crippen LogP contribution in [-0.2, 0) is 0 Å². The van der Waals surface area contributed by atoms with Gasteiger partial charge in [-0.25, -0.2) is 0 Å². The molecule has 0 aliphatic rings. The van der Waals surface area contributed by atoms with E-state index in [-0.39, 0.29) is 0 Å². The molecule has 0 fully saturated rings. The Hall–Kier alpha value is -0.0231. The number of rotatable bonds is 16. The smallest absolute Gasteiger partial charge is 0.0505 e. The van der Waals surface area contributed by atoms with Crippen molar-refractivity contribution in [2.45, 2.75) is 64.2 Å². The minimum Gasteiger partial charge on any atom is -0.318 e. The molecule has 0 radical (unpaired) electrons. The highest BCUT2D eigenvalue weighted by Crippen LogP contribution is 2.28. The summed E-state index contributed by atoms with van der Waals surface area (Å²) in [6, 6.07) is 4.16. The van der Waals surface area contributed by atoms with Crippen molar-refractivity contribution < 1.29 is 0 Å². The molecule has 146 valence electrons. The van der Waals surface area contributed by atoms with E-state index in [9.17, 15) is 0 Å². The van der Waals surface area contributed by atoms with E-state index in [1.165, 1.54) is 43.8 Å². The van der Waals surface area contributed by atoms with Crippen molar-refractivity contribution in [1.29, 1.82) is 0 Å². The van der Waals surface area contributed by atoms with Crippen molar-refractivity contribution in [3.05, 3.63) is 0 Å². The molecule has 0 rings (SSSR count). The van der Waals surface area contributed by atoms with Gasteiger partial charge in [-0.2, -0.15) is 0 Å². The van der Waals surface area contributed by atoms with Gasteiger partial charge < -0.3 is 22.9 Å². The Morgan fingerprint density at radius 1 is 0.792 bits per heavy atom. The average Bonchev–Trinajstić information content (AvgIpc) is 2.60. The number of hydrogen-bond acceptors (Lipinski definition) is 6. The normalized spacial score (nSPS) is 13.9. The molecular formula is C17H44N6Si. The molecule has 1 unspecified atom stereocenters. The first-order valence-electron chi connectivity index (χ1n) is 9.69. The lowest BCUT2D eigenvalue weighted by atomic mass is 10.1. The van der Waals surface area contributed by atoms with Crippen LogP contribution in [0.1, 0.15) is 39.5 Å².